The maximum atomic E-state index is 13.2. The van der Waals surface area contributed by atoms with E-state index < -0.39 is 17.7 Å². The van der Waals surface area contributed by atoms with Crippen molar-refractivity contribution < 1.29 is 24.0 Å². The van der Waals surface area contributed by atoms with Crippen molar-refractivity contribution in [2.45, 2.75) is 13.0 Å². The van der Waals surface area contributed by atoms with Crippen LogP contribution in [-0.2, 0) is 9.59 Å². The summed E-state index contributed by atoms with van der Waals surface area (Å²) < 4.78 is 10.4. The van der Waals surface area contributed by atoms with E-state index in [1.807, 2.05) is 24.3 Å². The van der Waals surface area contributed by atoms with Crippen molar-refractivity contribution in [3.63, 3.8) is 0 Å². The van der Waals surface area contributed by atoms with Gasteiger partial charge in [-0.05, 0) is 53.6 Å². The number of aromatic nitrogens is 1. The molecule has 8 heteroatoms. The Morgan fingerprint density at radius 1 is 1.06 bits per heavy atom. The van der Waals surface area contributed by atoms with Crippen molar-refractivity contribution in [3.8, 4) is 5.75 Å². The molecule has 0 spiro atoms. The number of halogens is 1. The van der Waals surface area contributed by atoms with Gasteiger partial charge in [0.25, 0.3) is 5.78 Å². The zero-order valence-corrected chi connectivity index (χ0v) is 19.0. The Labute approximate surface area is 199 Å². The molecule has 4 aromatic rings. The van der Waals surface area contributed by atoms with Crippen LogP contribution in [0.1, 0.15) is 22.9 Å². The van der Waals surface area contributed by atoms with E-state index in [-0.39, 0.29) is 17.2 Å². The van der Waals surface area contributed by atoms with Crippen molar-refractivity contribution in [1.82, 2.24) is 5.16 Å². The molecule has 5 rings (SSSR count). The molecule has 1 fully saturated rings. The van der Waals surface area contributed by atoms with Crippen LogP contribution < -0.4 is 9.64 Å². The van der Waals surface area contributed by atoms with Gasteiger partial charge in [-0.3, -0.25) is 14.5 Å². The van der Waals surface area contributed by atoms with E-state index in [2.05, 4.69) is 5.16 Å². The molecule has 170 valence electrons. The molecule has 1 amide bonds. The highest BCUT2D eigenvalue weighted by Crippen LogP contribution is 2.42. The molecular weight excluding hydrogens is 456 g/mol. The van der Waals surface area contributed by atoms with Crippen LogP contribution >= 0.6 is 11.6 Å². The van der Waals surface area contributed by atoms with E-state index in [9.17, 15) is 14.7 Å². The second kappa shape index (κ2) is 8.35. The second-order valence-corrected chi connectivity index (χ2v) is 8.38. The highest BCUT2D eigenvalue weighted by atomic mass is 35.5. The van der Waals surface area contributed by atoms with E-state index in [0.29, 0.717) is 27.7 Å². The predicted molar refractivity (Wildman–Crippen MR) is 128 cm³/mol. The van der Waals surface area contributed by atoms with Crippen LogP contribution in [0, 0.1) is 6.92 Å². The van der Waals surface area contributed by atoms with Gasteiger partial charge < -0.3 is 14.4 Å². The first-order chi connectivity index (χ1) is 16.4. The Morgan fingerprint density at radius 2 is 1.82 bits per heavy atom. The molecule has 1 aliphatic heterocycles. The van der Waals surface area contributed by atoms with E-state index in [4.69, 9.17) is 20.9 Å². The number of carbonyl (C=O) groups is 2. The van der Waals surface area contributed by atoms with E-state index >= 15 is 0 Å². The van der Waals surface area contributed by atoms with Crippen molar-refractivity contribution in [3.05, 3.63) is 94.2 Å². The lowest BCUT2D eigenvalue weighted by molar-refractivity contribution is -0.132. The topological polar surface area (TPSA) is 92.9 Å². The molecule has 1 unspecified atom stereocenters. The fourth-order valence-electron chi connectivity index (χ4n) is 4.18. The molecule has 1 atom stereocenters. The fourth-order valence-corrected chi connectivity index (χ4v) is 4.38. The lowest BCUT2D eigenvalue weighted by Crippen LogP contribution is -2.29. The number of fused-ring (bicyclic) bond motifs is 1. The van der Waals surface area contributed by atoms with E-state index in [1.54, 1.807) is 56.5 Å². The summed E-state index contributed by atoms with van der Waals surface area (Å²) in [6.07, 6.45) is 0. The van der Waals surface area contributed by atoms with Gasteiger partial charge in [0.15, 0.2) is 5.82 Å². The normalized spacial score (nSPS) is 17.5. The fraction of sp³-hybridized carbons (Fsp3) is 0.115. The van der Waals surface area contributed by atoms with Crippen LogP contribution in [0.4, 0.5) is 5.82 Å². The van der Waals surface area contributed by atoms with Crippen LogP contribution in [0.5, 0.6) is 5.75 Å². The molecule has 1 saturated heterocycles. The summed E-state index contributed by atoms with van der Waals surface area (Å²) in [5, 5.41) is 17.4. The molecule has 0 radical (unpaired) electrons. The Kier molecular flexibility index (Phi) is 5.34. The standard InChI is InChI=1S/C26H19ClN2O5/c1-14-10-21(28-34-14)29-23(17-4-3-5-19(27)12-17)22(25(31)26(29)32)24(30)18-7-6-16-13-20(33-2)9-8-15(16)11-18/h3-13,23,30H,1-2H3/b24-22+. The summed E-state index contributed by atoms with van der Waals surface area (Å²) in [6, 6.07) is 18.2. The van der Waals surface area contributed by atoms with Crippen LogP contribution in [0.15, 0.2) is 76.8 Å². The van der Waals surface area contributed by atoms with Crippen LogP contribution in [-0.4, -0.2) is 29.1 Å². The molecule has 1 aliphatic rings. The molecule has 1 aromatic heterocycles. The average molecular weight is 475 g/mol. The monoisotopic (exact) mass is 474 g/mol. The minimum absolute atomic E-state index is 0.0548. The number of nitrogens with zero attached hydrogens (tertiary/aromatic N) is 2. The number of amides is 1. The highest BCUT2D eigenvalue weighted by molar-refractivity contribution is 6.51. The lowest BCUT2D eigenvalue weighted by atomic mass is 9.94. The average Bonchev–Trinajstić information content (AvgIpc) is 3.38. The molecule has 0 aliphatic carbocycles. The maximum absolute atomic E-state index is 13.2. The summed E-state index contributed by atoms with van der Waals surface area (Å²) in [5.41, 5.74) is 0.902. The van der Waals surface area contributed by atoms with Crippen molar-refractivity contribution in [2.24, 2.45) is 0 Å². The molecule has 3 aromatic carbocycles. The number of anilines is 1. The number of ether oxygens (including phenoxy) is 1. The summed E-state index contributed by atoms with van der Waals surface area (Å²) in [7, 11) is 1.59. The number of ketones is 1. The number of rotatable bonds is 4. The minimum atomic E-state index is -0.935. The van der Waals surface area contributed by atoms with E-state index in [0.717, 1.165) is 10.8 Å². The predicted octanol–water partition coefficient (Wildman–Crippen LogP) is 5.42. The summed E-state index contributed by atoms with van der Waals surface area (Å²) in [6.45, 7) is 1.69. The summed E-state index contributed by atoms with van der Waals surface area (Å²) in [5.74, 6) is -0.563. The molecule has 0 saturated carbocycles. The SMILES string of the molecule is COc1ccc2cc(/C(O)=C3\C(=O)C(=O)N(c4cc(C)on4)C3c3cccc(Cl)c3)ccc2c1. The smallest absolute Gasteiger partial charge is 0.301 e. The number of aliphatic hydroxyl groups excluding tert-OH is 1. The number of benzene rings is 3. The number of methoxy groups -OCH3 is 1. The highest BCUT2D eigenvalue weighted by Gasteiger charge is 2.48. The third-order valence-corrected chi connectivity index (χ3v) is 6.03. The van der Waals surface area contributed by atoms with Crippen molar-refractivity contribution >= 4 is 45.6 Å². The number of aliphatic hydroxyl groups is 1. The molecule has 7 nitrogen and oxygen atoms in total. The Bertz CT molecular complexity index is 1490. The largest absolute Gasteiger partial charge is 0.507 e. The van der Waals surface area contributed by atoms with Gasteiger partial charge in [0, 0.05) is 16.7 Å². The first-order valence-electron chi connectivity index (χ1n) is 10.5. The van der Waals surface area contributed by atoms with Crippen LogP contribution in [0.25, 0.3) is 16.5 Å². The Morgan fingerprint density at radius 3 is 2.53 bits per heavy atom. The third kappa shape index (κ3) is 3.60. The number of hydrogen-bond donors (Lipinski definition) is 1. The third-order valence-electron chi connectivity index (χ3n) is 5.79. The number of carbonyl (C=O) groups excluding carboxylic acids is 2. The van der Waals surface area contributed by atoms with Crippen LogP contribution in [0.2, 0.25) is 5.02 Å². The van der Waals surface area contributed by atoms with Gasteiger partial charge in [-0.2, -0.15) is 0 Å². The van der Waals surface area contributed by atoms with Gasteiger partial charge in [0.2, 0.25) is 0 Å². The zero-order valence-electron chi connectivity index (χ0n) is 18.3. The Balaban J connectivity index is 1.70. The minimum Gasteiger partial charge on any atom is -0.507 e. The van der Waals surface area contributed by atoms with Gasteiger partial charge in [-0.1, -0.05) is 47.1 Å². The number of aryl methyl sites for hydroxylation is 1. The first kappa shape index (κ1) is 21.7. The first-order valence-corrected chi connectivity index (χ1v) is 10.8. The quantitative estimate of drug-likeness (QED) is 0.241. The molecule has 2 heterocycles. The molecule has 1 N–H and O–H groups in total. The number of Topliss-reactive ketones (excluding diaryl/α,β-unsaturated/α-hetero) is 1. The van der Waals surface area contributed by atoms with E-state index in [1.165, 1.54) is 4.90 Å². The van der Waals surface area contributed by atoms with Gasteiger partial charge >= 0.3 is 5.91 Å². The summed E-state index contributed by atoms with van der Waals surface area (Å²) >= 11 is 6.22. The molecule has 34 heavy (non-hydrogen) atoms. The molecule has 0 bridgehead atoms. The van der Waals surface area contributed by atoms with Crippen molar-refractivity contribution in [1.29, 1.82) is 0 Å². The van der Waals surface area contributed by atoms with Gasteiger partial charge in [-0.15, -0.1) is 0 Å². The number of hydrogen-bond acceptors (Lipinski definition) is 6. The van der Waals surface area contributed by atoms with Crippen LogP contribution in [0.3, 0.4) is 0 Å². The van der Waals surface area contributed by atoms with Crippen molar-refractivity contribution in [2.75, 3.05) is 12.0 Å². The van der Waals surface area contributed by atoms with Gasteiger partial charge in [-0.25, -0.2) is 0 Å². The maximum Gasteiger partial charge on any atom is 0.301 e. The lowest BCUT2D eigenvalue weighted by Gasteiger charge is -2.23. The van der Waals surface area contributed by atoms with Gasteiger partial charge in [0.1, 0.15) is 17.3 Å². The zero-order chi connectivity index (χ0) is 24.0. The summed E-state index contributed by atoms with van der Waals surface area (Å²) in [4.78, 5) is 27.5. The van der Waals surface area contributed by atoms with Gasteiger partial charge in [0.05, 0.1) is 18.7 Å². The molecular formula is C26H19ClN2O5. The Hall–Kier alpha value is -4.10. The second-order valence-electron chi connectivity index (χ2n) is 7.95.